The molecule has 0 aliphatic rings. The van der Waals surface area contributed by atoms with Crippen LogP contribution in [0.2, 0.25) is 0 Å². The quantitative estimate of drug-likeness (QED) is 0.267. The molecule has 0 bridgehead atoms. The Balaban J connectivity index is 1.37. The van der Waals surface area contributed by atoms with Crippen LogP contribution in [0.25, 0.3) is 61.4 Å². The number of hydrogen-bond acceptors (Lipinski definition) is 4. The highest BCUT2D eigenvalue weighted by atomic mass is 15.1. The van der Waals surface area contributed by atoms with Gasteiger partial charge >= 0.3 is 0 Å². The van der Waals surface area contributed by atoms with Crippen LogP contribution in [0, 0.1) is 0 Å². The zero-order chi connectivity index (χ0) is 24.6. The predicted molar refractivity (Wildman–Crippen MR) is 148 cm³/mol. The molecular weight excluding hydrogens is 454 g/mol. The normalized spacial score (nSPS) is 11.2. The lowest BCUT2D eigenvalue weighted by Crippen LogP contribution is -1.97. The van der Waals surface area contributed by atoms with E-state index in [1.54, 1.807) is 6.20 Å². The second kappa shape index (κ2) is 8.81. The van der Waals surface area contributed by atoms with Gasteiger partial charge in [-0.3, -0.25) is 14.5 Å². The molecule has 0 amide bonds. The van der Waals surface area contributed by atoms with E-state index < -0.39 is 0 Å². The predicted octanol–water partition coefficient (Wildman–Crippen LogP) is 7.36. The van der Waals surface area contributed by atoms with Gasteiger partial charge in [0.2, 0.25) is 0 Å². The van der Waals surface area contributed by atoms with Crippen molar-refractivity contribution in [3.63, 3.8) is 0 Å². The van der Waals surface area contributed by atoms with Gasteiger partial charge in [0, 0.05) is 46.7 Å². The van der Waals surface area contributed by atoms with E-state index in [0.29, 0.717) is 0 Å². The Labute approximate surface area is 213 Å². The van der Waals surface area contributed by atoms with Gasteiger partial charge in [0.25, 0.3) is 0 Å². The molecule has 0 N–H and O–H groups in total. The number of pyridine rings is 4. The van der Waals surface area contributed by atoms with Crippen molar-refractivity contribution < 1.29 is 0 Å². The molecular formula is C32H21N5. The van der Waals surface area contributed by atoms with Crippen molar-refractivity contribution in [3.8, 4) is 39.6 Å². The van der Waals surface area contributed by atoms with Crippen LogP contribution < -0.4 is 0 Å². The molecule has 0 aliphatic heterocycles. The van der Waals surface area contributed by atoms with Gasteiger partial charge in [-0.25, -0.2) is 9.97 Å². The van der Waals surface area contributed by atoms with Gasteiger partial charge in [0.1, 0.15) is 5.82 Å². The maximum atomic E-state index is 4.93. The minimum atomic E-state index is 0.830. The van der Waals surface area contributed by atoms with Gasteiger partial charge in [-0.15, -0.1) is 0 Å². The summed E-state index contributed by atoms with van der Waals surface area (Å²) in [6.07, 6.45) is 7.48. The summed E-state index contributed by atoms with van der Waals surface area (Å²) in [7, 11) is 0. The van der Waals surface area contributed by atoms with Gasteiger partial charge < -0.3 is 0 Å². The number of benzene rings is 2. The van der Waals surface area contributed by atoms with Crippen molar-refractivity contribution in [1.29, 1.82) is 0 Å². The van der Waals surface area contributed by atoms with Crippen LogP contribution in [-0.4, -0.2) is 24.5 Å². The summed E-state index contributed by atoms with van der Waals surface area (Å²) in [5, 5.41) is 2.28. The Morgan fingerprint density at radius 2 is 1.30 bits per heavy atom. The summed E-state index contributed by atoms with van der Waals surface area (Å²) in [6.45, 7) is 0. The van der Waals surface area contributed by atoms with Crippen molar-refractivity contribution in [2.24, 2.45) is 0 Å². The third-order valence-corrected chi connectivity index (χ3v) is 6.61. The molecule has 0 saturated carbocycles. The Kier molecular flexibility index (Phi) is 5.03. The van der Waals surface area contributed by atoms with Crippen LogP contribution in [0.15, 0.2) is 128 Å². The van der Waals surface area contributed by atoms with Gasteiger partial charge in [0.15, 0.2) is 0 Å². The smallest absolute Gasteiger partial charge is 0.137 e. The molecule has 174 valence electrons. The van der Waals surface area contributed by atoms with Gasteiger partial charge in [-0.1, -0.05) is 54.6 Å². The fourth-order valence-electron chi connectivity index (χ4n) is 4.85. The summed E-state index contributed by atoms with van der Waals surface area (Å²) in [5.41, 5.74) is 7.88. The third-order valence-electron chi connectivity index (χ3n) is 6.61. The summed E-state index contributed by atoms with van der Waals surface area (Å²) < 4.78 is 2.19. The van der Waals surface area contributed by atoms with Crippen molar-refractivity contribution in [1.82, 2.24) is 24.5 Å². The molecule has 0 radical (unpaired) electrons. The van der Waals surface area contributed by atoms with Crippen LogP contribution in [0.1, 0.15) is 0 Å². The van der Waals surface area contributed by atoms with Crippen LogP contribution >= 0.6 is 0 Å². The molecule has 0 fully saturated rings. The summed E-state index contributed by atoms with van der Waals surface area (Å²) in [4.78, 5) is 18.7. The fourth-order valence-corrected chi connectivity index (χ4v) is 4.85. The Morgan fingerprint density at radius 3 is 2.14 bits per heavy atom. The lowest BCUT2D eigenvalue weighted by atomic mass is 10.0. The molecule has 5 nitrogen and oxygen atoms in total. The van der Waals surface area contributed by atoms with Crippen molar-refractivity contribution in [3.05, 3.63) is 128 Å². The molecule has 7 aromatic rings. The standard InChI is InChI=1S/C32H21N5/c1-2-8-22(9-3-1)28-18-24(19-29(36-28)27-11-6-7-16-34-27)23-13-14-32(35-20-23)37-30-12-5-4-10-25(30)26-21-33-17-15-31(26)37/h1-21H. The van der Waals surface area contributed by atoms with Crippen LogP contribution in [0.5, 0.6) is 0 Å². The first kappa shape index (κ1) is 21.1. The lowest BCUT2D eigenvalue weighted by Gasteiger charge is -2.11. The van der Waals surface area contributed by atoms with E-state index in [4.69, 9.17) is 9.97 Å². The monoisotopic (exact) mass is 475 g/mol. The molecule has 7 rings (SSSR count). The average molecular weight is 476 g/mol. The maximum Gasteiger partial charge on any atom is 0.137 e. The SMILES string of the molecule is c1ccc(-c2cc(-c3ccc(-n4c5ccccc5c5cnccc54)nc3)cc(-c3ccccn3)n2)cc1. The van der Waals surface area contributed by atoms with E-state index in [-0.39, 0.29) is 0 Å². The molecule has 0 aliphatic carbocycles. The van der Waals surface area contributed by atoms with Crippen molar-refractivity contribution in [2.45, 2.75) is 0 Å². The highest BCUT2D eigenvalue weighted by molar-refractivity contribution is 6.08. The molecule has 0 saturated heterocycles. The Morgan fingerprint density at radius 1 is 0.486 bits per heavy atom. The van der Waals surface area contributed by atoms with E-state index >= 15 is 0 Å². The number of rotatable bonds is 4. The lowest BCUT2D eigenvalue weighted by molar-refractivity contribution is 1.08. The number of hydrogen-bond donors (Lipinski definition) is 0. The average Bonchev–Trinajstić information content (AvgIpc) is 3.32. The molecule has 37 heavy (non-hydrogen) atoms. The molecule has 5 heterocycles. The van der Waals surface area contributed by atoms with Gasteiger partial charge in [0.05, 0.1) is 28.1 Å². The summed E-state index contributed by atoms with van der Waals surface area (Å²) >= 11 is 0. The maximum absolute atomic E-state index is 4.93. The Bertz CT molecular complexity index is 1750. The highest BCUT2D eigenvalue weighted by Crippen LogP contribution is 2.32. The largest absolute Gasteiger partial charge is 0.294 e. The van der Waals surface area contributed by atoms with E-state index in [9.17, 15) is 0 Å². The van der Waals surface area contributed by atoms with E-state index in [1.165, 1.54) is 0 Å². The minimum absolute atomic E-state index is 0.830. The van der Waals surface area contributed by atoms with Gasteiger partial charge in [-0.2, -0.15) is 0 Å². The third kappa shape index (κ3) is 3.74. The first-order chi connectivity index (χ1) is 18.3. The molecule has 5 aromatic heterocycles. The summed E-state index contributed by atoms with van der Waals surface area (Å²) in [6, 6.07) is 34.9. The van der Waals surface area contributed by atoms with Crippen LogP contribution in [0.3, 0.4) is 0 Å². The number of fused-ring (bicyclic) bond motifs is 3. The molecule has 0 atom stereocenters. The first-order valence-electron chi connectivity index (χ1n) is 12.1. The van der Waals surface area contributed by atoms with E-state index in [0.717, 1.165) is 61.4 Å². The number of aromatic nitrogens is 5. The minimum Gasteiger partial charge on any atom is -0.294 e. The molecule has 0 spiro atoms. The van der Waals surface area contributed by atoms with Gasteiger partial charge in [-0.05, 0) is 54.1 Å². The topological polar surface area (TPSA) is 56.5 Å². The van der Waals surface area contributed by atoms with Crippen molar-refractivity contribution >= 4 is 21.8 Å². The van der Waals surface area contributed by atoms with Crippen LogP contribution in [0.4, 0.5) is 0 Å². The van der Waals surface area contributed by atoms with Crippen molar-refractivity contribution in [2.75, 3.05) is 0 Å². The number of para-hydroxylation sites is 1. The molecule has 0 unspecified atom stereocenters. The second-order valence-electron chi connectivity index (χ2n) is 8.86. The second-order valence-corrected chi connectivity index (χ2v) is 8.86. The zero-order valence-electron chi connectivity index (χ0n) is 19.9. The highest BCUT2D eigenvalue weighted by Gasteiger charge is 2.14. The van der Waals surface area contributed by atoms with E-state index in [1.807, 2.05) is 61.1 Å². The van der Waals surface area contributed by atoms with E-state index in [2.05, 4.69) is 75.2 Å². The van der Waals surface area contributed by atoms with Crippen LogP contribution in [-0.2, 0) is 0 Å². The Hall–Kier alpha value is -5.16. The first-order valence-corrected chi connectivity index (χ1v) is 12.1. The number of nitrogens with zero attached hydrogens (tertiary/aromatic N) is 5. The molecule has 5 heteroatoms. The zero-order valence-corrected chi connectivity index (χ0v) is 19.9. The summed E-state index contributed by atoms with van der Waals surface area (Å²) in [5.74, 6) is 0.864. The molecule has 2 aromatic carbocycles. The fraction of sp³-hybridized carbons (Fsp3) is 0.